The number of hydrogen-bond donors (Lipinski definition) is 3. The maximum Gasteiger partial charge on any atom is 0.250 e. The van der Waals surface area contributed by atoms with Crippen LogP contribution in [-0.2, 0) is 4.79 Å². The highest BCUT2D eigenvalue weighted by molar-refractivity contribution is 5.90. The number of aliphatic hydroxyl groups excluding tert-OH is 1. The lowest BCUT2D eigenvalue weighted by Crippen LogP contribution is -2.20. The molecule has 4 heteroatoms. The Bertz CT molecular complexity index is 476. The fraction of sp³-hybridized carbons (Fsp3) is 0.100. The van der Waals surface area contributed by atoms with Crippen molar-refractivity contribution < 1.29 is 9.90 Å². The van der Waals surface area contributed by atoms with Crippen molar-refractivity contribution in [2.24, 2.45) is 5.73 Å². The van der Waals surface area contributed by atoms with E-state index in [-0.39, 0.29) is 0 Å². The van der Waals surface area contributed by atoms with E-state index in [0.717, 1.165) is 10.9 Å². The first-order chi connectivity index (χ1) is 6.70. The zero-order valence-corrected chi connectivity index (χ0v) is 7.40. The van der Waals surface area contributed by atoms with Gasteiger partial charge in [0.25, 0.3) is 5.91 Å². The second-order valence-corrected chi connectivity index (χ2v) is 3.09. The van der Waals surface area contributed by atoms with E-state index in [1.165, 1.54) is 0 Å². The topological polar surface area (TPSA) is 79.1 Å². The van der Waals surface area contributed by atoms with Crippen molar-refractivity contribution in [3.63, 3.8) is 0 Å². The first kappa shape index (κ1) is 8.77. The smallest absolute Gasteiger partial charge is 0.250 e. The number of para-hydroxylation sites is 1. The van der Waals surface area contributed by atoms with Crippen LogP contribution in [0.2, 0.25) is 0 Å². The van der Waals surface area contributed by atoms with Gasteiger partial charge in [-0.05, 0) is 6.07 Å². The fourth-order valence-corrected chi connectivity index (χ4v) is 1.47. The van der Waals surface area contributed by atoms with E-state index >= 15 is 0 Å². The van der Waals surface area contributed by atoms with Crippen LogP contribution < -0.4 is 5.73 Å². The molecule has 0 fully saturated rings. The number of aliphatic hydroxyl groups is 1. The number of amides is 1. The van der Waals surface area contributed by atoms with Crippen molar-refractivity contribution >= 4 is 16.8 Å². The second-order valence-electron chi connectivity index (χ2n) is 3.09. The zero-order chi connectivity index (χ0) is 10.1. The van der Waals surface area contributed by atoms with Crippen LogP contribution in [0.5, 0.6) is 0 Å². The quantitative estimate of drug-likeness (QED) is 0.651. The van der Waals surface area contributed by atoms with Gasteiger partial charge >= 0.3 is 0 Å². The van der Waals surface area contributed by atoms with E-state index in [1.807, 2.05) is 24.3 Å². The van der Waals surface area contributed by atoms with Crippen LogP contribution >= 0.6 is 0 Å². The predicted octanol–water partition coefficient (Wildman–Crippen LogP) is 0.687. The summed E-state index contributed by atoms with van der Waals surface area (Å²) in [5, 5.41) is 10.3. The highest BCUT2D eigenvalue weighted by Crippen LogP contribution is 2.23. The lowest BCUT2D eigenvalue weighted by atomic mass is 10.1. The van der Waals surface area contributed by atoms with Crippen molar-refractivity contribution in [2.75, 3.05) is 0 Å². The Kier molecular flexibility index (Phi) is 1.98. The van der Waals surface area contributed by atoms with E-state index in [4.69, 9.17) is 5.73 Å². The number of hydrogen-bond acceptors (Lipinski definition) is 2. The molecule has 0 aliphatic carbocycles. The Morgan fingerprint density at radius 1 is 1.43 bits per heavy atom. The molecule has 2 aromatic rings. The van der Waals surface area contributed by atoms with Crippen LogP contribution in [0.3, 0.4) is 0 Å². The number of fused-ring (bicyclic) bond motifs is 1. The Labute approximate surface area is 80.3 Å². The molecule has 4 nitrogen and oxygen atoms in total. The lowest BCUT2D eigenvalue weighted by Gasteiger charge is -2.03. The molecule has 0 aliphatic heterocycles. The van der Waals surface area contributed by atoms with Gasteiger partial charge in [-0.25, -0.2) is 0 Å². The summed E-state index contributed by atoms with van der Waals surface area (Å²) in [4.78, 5) is 13.8. The Morgan fingerprint density at radius 2 is 2.14 bits per heavy atom. The molecule has 0 bridgehead atoms. The summed E-state index contributed by atoms with van der Waals surface area (Å²) >= 11 is 0. The summed E-state index contributed by atoms with van der Waals surface area (Å²) in [6.07, 6.45) is 0.353. The van der Waals surface area contributed by atoms with Crippen molar-refractivity contribution in [2.45, 2.75) is 6.10 Å². The van der Waals surface area contributed by atoms with Gasteiger partial charge in [-0.2, -0.15) is 0 Å². The van der Waals surface area contributed by atoms with Crippen LogP contribution in [0.1, 0.15) is 11.7 Å². The molecule has 1 unspecified atom stereocenters. The van der Waals surface area contributed by atoms with Crippen LogP contribution in [0.15, 0.2) is 30.5 Å². The molecule has 1 aromatic carbocycles. The molecular formula is C10H10N2O2. The number of nitrogens with one attached hydrogen (secondary N) is 1. The summed E-state index contributed by atoms with van der Waals surface area (Å²) in [5.74, 6) is -0.741. The molecule has 2 rings (SSSR count). The van der Waals surface area contributed by atoms with Crippen LogP contribution in [0.25, 0.3) is 10.9 Å². The molecule has 0 saturated heterocycles. The van der Waals surface area contributed by atoms with E-state index in [0.29, 0.717) is 5.56 Å². The molecule has 4 N–H and O–H groups in total. The van der Waals surface area contributed by atoms with Crippen molar-refractivity contribution in [1.82, 2.24) is 4.98 Å². The fourth-order valence-electron chi connectivity index (χ4n) is 1.47. The molecule has 0 radical (unpaired) electrons. The molecule has 0 aliphatic rings. The summed E-state index contributed by atoms with van der Waals surface area (Å²) < 4.78 is 0. The minimum atomic E-state index is -1.24. The van der Waals surface area contributed by atoms with Gasteiger partial charge < -0.3 is 15.8 Å². The average Bonchev–Trinajstić information content (AvgIpc) is 2.60. The van der Waals surface area contributed by atoms with Crippen molar-refractivity contribution in [3.8, 4) is 0 Å². The second kappa shape index (κ2) is 3.16. The van der Waals surface area contributed by atoms with Crippen LogP contribution in [-0.4, -0.2) is 16.0 Å². The first-order valence-corrected chi connectivity index (χ1v) is 4.23. The minimum absolute atomic E-state index is 0.521. The number of benzene rings is 1. The largest absolute Gasteiger partial charge is 0.378 e. The number of primary amides is 1. The lowest BCUT2D eigenvalue weighted by molar-refractivity contribution is -0.126. The van der Waals surface area contributed by atoms with Gasteiger partial charge in [0.15, 0.2) is 6.10 Å². The molecule has 14 heavy (non-hydrogen) atoms. The van der Waals surface area contributed by atoms with Gasteiger partial charge in [-0.1, -0.05) is 18.2 Å². The van der Waals surface area contributed by atoms with E-state index in [2.05, 4.69) is 4.98 Å². The van der Waals surface area contributed by atoms with Crippen molar-refractivity contribution in [3.05, 3.63) is 36.0 Å². The van der Waals surface area contributed by atoms with Crippen molar-refractivity contribution in [1.29, 1.82) is 0 Å². The summed E-state index contributed by atoms with van der Waals surface area (Å²) in [5.41, 5.74) is 6.41. The number of nitrogens with two attached hydrogens (primary N) is 1. The predicted molar refractivity (Wildman–Crippen MR) is 52.5 cm³/mol. The van der Waals surface area contributed by atoms with E-state index in [1.54, 1.807) is 6.20 Å². The molecule has 0 spiro atoms. The zero-order valence-electron chi connectivity index (χ0n) is 7.40. The third-order valence-corrected chi connectivity index (χ3v) is 2.19. The monoisotopic (exact) mass is 190 g/mol. The standard InChI is InChI=1S/C10H10N2O2/c11-10(14)9(13)7-5-12-8-4-2-1-3-6(7)8/h1-5,9,12-13H,(H2,11,14). The third-order valence-electron chi connectivity index (χ3n) is 2.19. The normalized spacial score (nSPS) is 12.9. The van der Waals surface area contributed by atoms with E-state index in [9.17, 15) is 9.90 Å². The van der Waals surface area contributed by atoms with Gasteiger partial charge in [-0.15, -0.1) is 0 Å². The van der Waals surface area contributed by atoms with Gasteiger partial charge in [-0.3, -0.25) is 4.79 Å². The minimum Gasteiger partial charge on any atom is -0.378 e. The number of carbonyl (C=O) groups is 1. The molecule has 1 heterocycles. The number of aromatic amines is 1. The summed E-state index contributed by atoms with van der Waals surface area (Å²) in [6.45, 7) is 0. The van der Waals surface area contributed by atoms with Gasteiger partial charge in [0.1, 0.15) is 0 Å². The molecular weight excluding hydrogens is 180 g/mol. The molecule has 1 atom stereocenters. The maximum atomic E-state index is 10.8. The number of rotatable bonds is 2. The SMILES string of the molecule is NC(=O)C(O)c1c[nH]c2ccccc12. The number of aromatic nitrogens is 1. The van der Waals surface area contributed by atoms with Crippen LogP contribution in [0.4, 0.5) is 0 Å². The Morgan fingerprint density at radius 3 is 2.86 bits per heavy atom. The van der Waals surface area contributed by atoms with E-state index < -0.39 is 12.0 Å². The first-order valence-electron chi connectivity index (χ1n) is 4.23. The highest BCUT2D eigenvalue weighted by Gasteiger charge is 2.17. The Hall–Kier alpha value is -1.81. The van der Waals surface area contributed by atoms with Gasteiger partial charge in [0, 0.05) is 22.7 Å². The van der Waals surface area contributed by atoms with Gasteiger partial charge in [0.05, 0.1) is 0 Å². The maximum absolute atomic E-state index is 10.8. The number of H-pyrrole nitrogens is 1. The average molecular weight is 190 g/mol. The molecule has 1 amide bonds. The molecule has 1 aromatic heterocycles. The Balaban J connectivity index is 2.58. The molecule has 72 valence electrons. The van der Waals surface area contributed by atoms with Gasteiger partial charge in [0.2, 0.25) is 0 Å². The van der Waals surface area contributed by atoms with Crippen LogP contribution in [0, 0.1) is 0 Å². The summed E-state index contributed by atoms with van der Waals surface area (Å²) in [7, 11) is 0. The highest BCUT2D eigenvalue weighted by atomic mass is 16.3. The number of carbonyl (C=O) groups excluding carboxylic acids is 1. The third kappa shape index (κ3) is 1.25. The summed E-state index contributed by atoms with van der Waals surface area (Å²) in [6, 6.07) is 7.41. The molecule has 0 saturated carbocycles.